The van der Waals surface area contributed by atoms with Crippen LogP contribution in [-0.2, 0) is 40.0 Å². The second-order valence-corrected chi connectivity index (χ2v) is 34.7. The van der Waals surface area contributed by atoms with Gasteiger partial charge in [0.25, 0.3) is 0 Å². The fraction of sp³-hybridized carbons (Fsp3) is 0.822. The molecule has 0 amide bonds. The number of hydrogen-bond donors (Lipinski definition) is 0. The molecule has 1 aromatic carbocycles. The molecule has 0 aromatic heterocycles. The molecule has 0 unspecified atom stereocenters. The van der Waals surface area contributed by atoms with E-state index in [1.54, 1.807) is 0 Å². The highest BCUT2D eigenvalue weighted by Crippen LogP contribution is 2.53. The van der Waals surface area contributed by atoms with Gasteiger partial charge in [-0.25, -0.2) is 0 Å². The van der Waals surface area contributed by atoms with Crippen LogP contribution in [0.3, 0.4) is 0 Å². The van der Waals surface area contributed by atoms with Crippen molar-refractivity contribution >= 4 is 40.5 Å². The van der Waals surface area contributed by atoms with Gasteiger partial charge < -0.3 is 0 Å². The standard InChI is InChI=1S/C14H20O.C11H22O.2C10H18O.C10H20O.C9H16O.C9H18O/c1-11(13(15)14(2,3)4)10-12-8-6-5-7-9-12;1-8(10(2,3)4)9(12)11(5,6)7;1-9(2,3)8(11)10(4)6-5-7-10;1-5-10(6-7-10)8(11)9(2,3)4;1-7(2)8(3)9(11)10(4,5)6;1-8(2,3)7(10)9(4)5-6-9;1-8(2,3)7(10)9(4,5)6/h5-9,11H,10H2,1-4H3;8H,1-7H3;2*5-7H2,1-4H3;7-8H,1-6H3;5-6H2,1-4H3;1-6H3/t11-;8-;;;8-;;/m01..0../s1. The molecular formula is C73H132O7. The summed E-state index contributed by atoms with van der Waals surface area (Å²) in [7, 11) is 0. The van der Waals surface area contributed by atoms with E-state index < -0.39 is 0 Å². The van der Waals surface area contributed by atoms with Crippen molar-refractivity contribution < 1.29 is 33.6 Å². The van der Waals surface area contributed by atoms with Gasteiger partial charge in [0.1, 0.15) is 40.5 Å². The van der Waals surface area contributed by atoms with Gasteiger partial charge in [0.05, 0.1) is 0 Å². The van der Waals surface area contributed by atoms with Crippen LogP contribution in [0.1, 0.15) is 299 Å². The smallest absolute Gasteiger partial charge is 0.144 e. The maximum Gasteiger partial charge on any atom is 0.144 e. The molecule has 3 saturated carbocycles. The molecule has 3 aliphatic rings. The van der Waals surface area contributed by atoms with Crippen LogP contribution in [0.5, 0.6) is 0 Å². The number of rotatable bonds is 10. The molecule has 0 aliphatic heterocycles. The molecule has 80 heavy (non-hydrogen) atoms. The van der Waals surface area contributed by atoms with Crippen molar-refractivity contribution in [1.29, 1.82) is 0 Å². The minimum atomic E-state index is -0.228. The van der Waals surface area contributed by atoms with Crippen molar-refractivity contribution in [3.63, 3.8) is 0 Å². The summed E-state index contributed by atoms with van der Waals surface area (Å²) in [5.74, 6) is 3.61. The molecule has 7 heteroatoms. The molecule has 3 atom stereocenters. The van der Waals surface area contributed by atoms with Crippen molar-refractivity contribution in [3.05, 3.63) is 35.9 Å². The third kappa shape index (κ3) is 29.4. The average Bonchev–Trinajstić information content (AvgIpc) is 4.22. The number of benzene rings is 1. The van der Waals surface area contributed by atoms with Gasteiger partial charge in [-0.2, -0.15) is 0 Å². The average molecular weight is 1120 g/mol. The van der Waals surface area contributed by atoms with Gasteiger partial charge in [-0.05, 0) is 68.3 Å². The Labute approximate surface area is 496 Å². The van der Waals surface area contributed by atoms with Crippen LogP contribution in [-0.4, -0.2) is 40.5 Å². The lowest BCUT2D eigenvalue weighted by Crippen LogP contribution is -2.41. The molecule has 0 bridgehead atoms. The van der Waals surface area contributed by atoms with Gasteiger partial charge in [-0.15, -0.1) is 0 Å². The number of ketones is 7. The van der Waals surface area contributed by atoms with E-state index in [4.69, 9.17) is 0 Å². The maximum absolute atomic E-state index is 12.0. The molecule has 0 spiro atoms. The van der Waals surface area contributed by atoms with Crippen molar-refractivity contribution in [2.75, 3.05) is 0 Å². The van der Waals surface area contributed by atoms with E-state index in [1.807, 2.05) is 205 Å². The van der Waals surface area contributed by atoms with Gasteiger partial charge in [-0.3, -0.25) is 33.6 Å². The Morgan fingerprint density at radius 1 is 0.412 bits per heavy atom. The number of carbonyl (C=O) groups is 7. The van der Waals surface area contributed by atoms with Crippen LogP contribution in [0.4, 0.5) is 0 Å². The summed E-state index contributed by atoms with van der Waals surface area (Å²) in [5.41, 5.74) is 0.0928. The minimum Gasteiger partial charge on any atom is -0.299 e. The van der Waals surface area contributed by atoms with E-state index in [2.05, 4.69) is 67.5 Å². The molecule has 3 aliphatic carbocycles. The lowest BCUT2D eigenvalue weighted by atomic mass is 9.62. The summed E-state index contributed by atoms with van der Waals surface area (Å²) in [6.07, 6.45) is 9.76. The monoisotopic (exact) mass is 1120 g/mol. The number of Topliss-reactive ketones (excluding diaryl/α,β-unsaturated/α-hetero) is 7. The first-order chi connectivity index (χ1) is 35.0. The molecule has 0 saturated heterocycles. The minimum absolute atomic E-state index is 0.0260. The van der Waals surface area contributed by atoms with Crippen LogP contribution >= 0.6 is 0 Å². The van der Waals surface area contributed by atoms with E-state index in [0.29, 0.717) is 46.4 Å². The zero-order valence-electron chi connectivity index (χ0n) is 59.4. The Kier molecular flexibility index (Phi) is 30.6. The predicted molar refractivity (Wildman–Crippen MR) is 344 cm³/mol. The first-order valence-corrected chi connectivity index (χ1v) is 30.9. The van der Waals surface area contributed by atoms with Crippen molar-refractivity contribution in [2.24, 2.45) is 88.7 Å². The fourth-order valence-corrected chi connectivity index (χ4v) is 9.80. The van der Waals surface area contributed by atoms with Crippen molar-refractivity contribution in [3.8, 4) is 0 Å². The van der Waals surface area contributed by atoms with E-state index in [0.717, 1.165) is 51.4 Å². The van der Waals surface area contributed by atoms with Crippen LogP contribution < -0.4 is 0 Å². The van der Waals surface area contributed by atoms with E-state index in [9.17, 15) is 33.6 Å². The Hall–Kier alpha value is -3.09. The van der Waals surface area contributed by atoms with Crippen LogP contribution in [0.15, 0.2) is 30.3 Å². The molecule has 7 nitrogen and oxygen atoms in total. The zero-order valence-corrected chi connectivity index (χ0v) is 59.4. The van der Waals surface area contributed by atoms with Crippen LogP contribution in [0.25, 0.3) is 0 Å². The zero-order chi connectivity index (χ0) is 64.8. The molecule has 1 aromatic rings. The quantitative estimate of drug-likeness (QED) is 0.229. The summed E-state index contributed by atoms with van der Waals surface area (Å²) in [4.78, 5) is 82.0. The summed E-state index contributed by atoms with van der Waals surface area (Å²) in [6, 6.07) is 10.2. The normalized spacial score (nSPS) is 17.6. The van der Waals surface area contributed by atoms with Gasteiger partial charge in [0.2, 0.25) is 0 Å². The summed E-state index contributed by atoms with van der Waals surface area (Å²) < 4.78 is 0. The maximum atomic E-state index is 12.0. The number of carbonyl (C=O) groups excluding carboxylic acids is 7. The van der Waals surface area contributed by atoms with Crippen LogP contribution in [0.2, 0.25) is 0 Å². The highest BCUT2D eigenvalue weighted by molar-refractivity contribution is 5.92. The molecule has 4 rings (SSSR count). The summed E-state index contributed by atoms with van der Waals surface area (Å²) in [5, 5.41) is 0. The predicted octanol–water partition coefficient (Wildman–Crippen LogP) is 20.3. The van der Waals surface area contributed by atoms with Crippen molar-refractivity contribution in [1.82, 2.24) is 0 Å². The van der Waals surface area contributed by atoms with E-state index in [-0.39, 0.29) is 82.7 Å². The third-order valence-electron chi connectivity index (χ3n) is 16.1. The Bertz CT molecular complexity index is 2030. The summed E-state index contributed by atoms with van der Waals surface area (Å²) >= 11 is 0. The first-order valence-electron chi connectivity index (χ1n) is 30.9. The Balaban J connectivity index is -0.000000868. The van der Waals surface area contributed by atoms with Gasteiger partial charge in [0.15, 0.2) is 0 Å². The Morgan fingerprint density at radius 2 is 0.738 bits per heavy atom. The SMILES string of the molecule is CC(C)(C)C(=O)C(C)(C)C.CC(C)(C)C(=O)C1(C)CC1.CC(C)(C)C(=O)C1(C)CCC1.CC(C)[C@H](C)C(=O)C(C)(C)C.CCC1(C(=O)C(C)(C)C)CC1.C[C@@H](Cc1ccccc1)C(=O)C(C)(C)C.C[C@H](C(=O)C(C)(C)C)C(C)(C)C. The van der Waals surface area contributed by atoms with E-state index in [1.165, 1.54) is 12.0 Å². The molecule has 466 valence electrons. The second-order valence-electron chi connectivity index (χ2n) is 34.7. The first kappa shape index (κ1) is 81.1. The van der Waals surface area contributed by atoms with Crippen LogP contribution in [0, 0.1) is 88.7 Å². The molecule has 0 heterocycles. The van der Waals surface area contributed by atoms with Gasteiger partial charge >= 0.3 is 0 Å². The highest BCUT2D eigenvalue weighted by atomic mass is 16.2. The van der Waals surface area contributed by atoms with Gasteiger partial charge in [-0.1, -0.05) is 279 Å². The lowest BCUT2D eigenvalue weighted by Gasteiger charge is -2.41. The highest BCUT2D eigenvalue weighted by Gasteiger charge is 2.51. The lowest BCUT2D eigenvalue weighted by molar-refractivity contribution is -0.140. The summed E-state index contributed by atoms with van der Waals surface area (Å²) in [6.45, 7) is 70.5. The third-order valence-corrected chi connectivity index (χ3v) is 16.1. The molecule has 0 N–H and O–H groups in total. The Morgan fingerprint density at radius 3 is 0.887 bits per heavy atom. The van der Waals surface area contributed by atoms with Gasteiger partial charge in [0, 0.05) is 77.3 Å². The molecular weight excluding hydrogens is 989 g/mol. The van der Waals surface area contributed by atoms with E-state index >= 15 is 0 Å². The molecule has 0 radical (unpaired) electrons. The number of hydrogen-bond acceptors (Lipinski definition) is 7. The topological polar surface area (TPSA) is 119 Å². The largest absolute Gasteiger partial charge is 0.299 e. The molecule has 3 fully saturated rings. The second kappa shape index (κ2) is 30.1. The van der Waals surface area contributed by atoms with Crippen molar-refractivity contribution in [2.45, 2.75) is 300 Å². The fourth-order valence-electron chi connectivity index (χ4n) is 9.80.